The van der Waals surface area contributed by atoms with Gasteiger partial charge < -0.3 is 9.30 Å². The average Bonchev–Trinajstić information content (AvgIpc) is 2.64. The third-order valence-corrected chi connectivity index (χ3v) is 2.69. The number of hydrogen-bond donors (Lipinski definition) is 0. The first-order valence-electron chi connectivity index (χ1n) is 5.28. The molecule has 1 aromatic rings. The number of halogens is 1. The van der Waals surface area contributed by atoms with Crippen molar-refractivity contribution in [2.75, 3.05) is 26.4 Å². The van der Waals surface area contributed by atoms with E-state index >= 15 is 0 Å². The highest BCUT2D eigenvalue weighted by atomic mass is 19.1. The molecule has 1 saturated heterocycles. The van der Waals surface area contributed by atoms with Gasteiger partial charge in [0, 0.05) is 39.1 Å². The minimum Gasteiger partial charge on any atom is -0.373 e. The molecule has 0 aromatic carbocycles. The van der Waals surface area contributed by atoms with Crippen molar-refractivity contribution >= 4 is 0 Å². The van der Waals surface area contributed by atoms with Gasteiger partial charge in [-0.25, -0.2) is 4.39 Å². The molecule has 1 aliphatic rings. The molecule has 0 saturated carbocycles. The second kappa shape index (κ2) is 4.77. The van der Waals surface area contributed by atoms with Crippen LogP contribution in [0.3, 0.4) is 0 Å². The fourth-order valence-electron chi connectivity index (χ4n) is 1.93. The highest BCUT2D eigenvalue weighted by Gasteiger charge is 2.20. The molecule has 15 heavy (non-hydrogen) atoms. The van der Waals surface area contributed by atoms with Crippen molar-refractivity contribution in [3.63, 3.8) is 0 Å². The van der Waals surface area contributed by atoms with Crippen LogP contribution in [0.2, 0.25) is 0 Å². The zero-order valence-corrected chi connectivity index (χ0v) is 9.03. The van der Waals surface area contributed by atoms with Crippen molar-refractivity contribution < 1.29 is 9.13 Å². The molecule has 1 fully saturated rings. The SMILES string of the molecule is Cn1ccc(CN2CCO[C@H](CF)C2)c1. The van der Waals surface area contributed by atoms with Crippen LogP contribution in [-0.4, -0.2) is 41.9 Å². The van der Waals surface area contributed by atoms with E-state index in [1.54, 1.807) is 0 Å². The Morgan fingerprint density at radius 1 is 1.60 bits per heavy atom. The number of nitrogens with zero attached hydrogens (tertiary/aromatic N) is 2. The summed E-state index contributed by atoms with van der Waals surface area (Å²) in [7, 11) is 2.01. The molecule has 0 unspecified atom stereocenters. The largest absolute Gasteiger partial charge is 0.373 e. The Labute approximate surface area is 89.4 Å². The van der Waals surface area contributed by atoms with Crippen molar-refractivity contribution in [3.8, 4) is 0 Å². The van der Waals surface area contributed by atoms with E-state index in [-0.39, 0.29) is 12.8 Å². The molecule has 1 aliphatic heterocycles. The molecule has 1 atom stereocenters. The molecule has 0 N–H and O–H groups in total. The third kappa shape index (κ3) is 2.79. The Balaban J connectivity index is 1.88. The summed E-state index contributed by atoms with van der Waals surface area (Å²) in [5.41, 5.74) is 1.28. The number of morpholine rings is 1. The summed E-state index contributed by atoms with van der Waals surface area (Å²) in [5, 5.41) is 0. The quantitative estimate of drug-likeness (QED) is 0.749. The first kappa shape index (κ1) is 10.6. The van der Waals surface area contributed by atoms with Gasteiger partial charge in [0.2, 0.25) is 0 Å². The predicted octanol–water partition coefficient (Wildman–Crippen LogP) is 1.20. The zero-order valence-electron chi connectivity index (χ0n) is 9.03. The lowest BCUT2D eigenvalue weighted by Gasteiger charge is -2.31. The van der Waals surface area contributed by atoms with Crippen LogP contribution < -0.4 is 0 Å². The van der Waals surface area contributed by atoms with Crippen LogP contribution in [0.4, 0.5) is 4.39 Å². The molecule has 0 radical (unpaired) electrons. The summed E-state index contributed by atoms with van der Waals surface area (Å²) in [6.07, 6.45) is 3.89. The van der Waals surface area contributed by atoms with Crippen LogP contribution in [0.1, 0.15) is 5.56 Å². The van der Waals surface area contributed by atoms with Crippen molar-refractivity contribution in [1.82, 2.24) is 9.47 Å². The molecule has 3 nitrogen and oxygen atoms in total. The fraction of sp³-hybridized carbons (Fsp3) is 0.636. The van der Waals surface area contributed by atoms with Gasteiger partial charge in [0.15, 0.2) is 0 Å². The van der Waals surface area contributed by atoms with Crippen LogP contribution in [-0.2, 0) is 18.3 Å². The highest BCUT2D eigenvalue weighted by molar-refractivity contribution is 5.09. The Kier molecular flexibility index (Phi) is 3.38. The minimum absolute atomic E-state index is 0.234. The number of rotatable bonds is 3. The summed E-state index contributed by atoms with van der Waals surface area (Å²) in [6, 6.07) is 2.10. The van der Waals surface area contributed by atoms with Gasteiger partial charge in [-0.2, -0.15) is 0 Å². The summed E-state index contributed by atoms with van der Waals surface area (Å²) in [4.78, 5) is 2.24. The molecule has 4 heteroatoms. The lowest BCUT2D eigenvalue weighted by atomic mass is 10.2. The number of aryl methyl sites for hydroxylation is 1. The smallest absolute Gasteiger partial charge is 0.117 e. The molecule has 2 rings (SSSR count). The van der Waals surface area contributed by atoms with Gasteiger partial charge in [-0.3, -0.25) is 4.90 Å². The standard InChI is InChI=1S/C11H17FN2O/c1-13-3-2-10(7-13)8-14-4-5-15-11(6-12)9-14/h2-3,7,11H,4-6,8-9H2,1H3/t11-/m1/s1. The van der Waals surface area contributed by atoms with E-state index in [1.807, 2.05) is 17.8 Å². The molecule has 0 bridgehead atoms. The van der Waals surface area contributed by atoms with Gasteiger partial charge in [-0.1, -0.05) is 0 Å². The second-order valence-corrected chi connectivity index (χ2v) is 4.07. The summed E-state index contributed by atoms with van der Waals surface area (Å²) >= 11 is 0. The van der Waals surface area contributed by atoms with Gasteiger partial charge in [-0.15, -0.1) is 0 Å². The average molecular weight is 212 g/mol. The van der Waals surface area contributed by atoms with E-state index in [0.717, 1.165) is 13.1 Å². The van der Waals surface area contributed by atoms with Gasteiger partial charge >= 0.3 is 0 Å². The Hall–Kier alpha value is -0.870. The normalized spacial score (nSPS) is 23.2. The molecule has 1 aromatic heterocycles. The lowest BCUT2D eigenvalue weighted by molar-refractivity contribution is -0.0412. The zero-order chi connectivity index (χ0) is 10.7. The molecular weight excluding hydrogens is 195 g/mol. The second-order valence-electron chi connectivity index (χ2n) is 4.07. The fourth-order valence-corrected chi connectivity index (χ4v) is 1.93. The van der Waals surface area contributed by atoms with Gasteiger partial charge in [-0.05, 0) is 11.6 Å². The first-order valence-corrected chi connectivity index (χ1v) is 5.28. The predicted molar refractivity (Wildman–Crippen MR) is 56.4 cm³/mol. The molecule has 0 spiro atoms. The molecular formula is C11H17FN2O. The third-order valence-electron chi connectivity index (χ3n) is 2.69. The lowest BCUT2D eigenvalue weighted by Crippen LogP contribution is -2.42. The highest BCUT2D eigenvalue weighted by Crippen LogP contribution is 2.10. The molecule has 2 heterocycles. The number of aromatic nitrogens is 1. The summed E-state index contributed by atoms with van der Waals surface area (Å²) in [6.45, 7) is 2.74. The number of hydrogen-bond acceptors (Lipinski definition) is 2. The summed E-state index contributed by atoms with van der Waals surface area (Å²) < 4.78 is 19.7. The minimum atomic E-state index is -0.384. The van der Waals surface area contributed by atoms with E-state index in [9.17, 15) is 4.39 Å². The Morgan fingerprint density at radius 2 is 2.47 bits per heavy atom. The van der Waals surface area contributed by atoms with Crippen molar-refractivity contribution in [3.05, 3.63) is 24.0 Å². The first-order chi connectivity index (χ1) is 7.28. The van der Waals surface area contributed by atoms with Crippen LogP contribution in [0.15, 0.2) is 18.5 Å². The van der Waals surface area contributed by atoms with Gasteiger partial charge in [0.1, 0.15) is 6.67 Å². The van der Waals surface area contributed by atoms with E-state index in [2.05, 4.69) is 17.2 Å². The van der Waals surface area contributed by atoms with Crippen molar-refractivity contribution in [1.29, 1.82) is 0 Å². The molecule has 0 amide bonds. The monoisotopic (exact) mass is 212 g/mol. The van der Waals surface area contributed by atoms with E-state index in [0.29, 0.717) is 13.2 Å². The Morgan fingerprint density at radius 3 is 3.13 bits per heavy atom. The number of alkyl halides is 1. The van der Waals surface area contributed by atoms with Crippen LogP contribution in [0, 0.1) is 0 Å². The molecule has 84 valence electrons. The van der Waals surface area contributed by atoms with Gasteiger partial charge in [0.05, 0.1) is 12.7 Å². The molecule has 0 aliphatic carbocycles. The van der Waals surface area contributed by atoms with Crippen molar-refractivity contribution in [2.45, 2.75) is 12.6 Å². The van der Waals surface area contributed by atoms with Gasteiger partial charge in [0.25, 0.3) is 0 Å². The van der Waals surface area contributed by atoms with E-state index < -0.39 is 0 Å². The van der Waals surface area contributed by atoms with E-state index in [4.69, 9.17) is 4.74 Å². The number of ether oxygens (including phenoxy) is 1. The van der Waals surface area contributed by atoms with Crippen molar-refractivity contribution in [2.24, 2.45) is 7.05 Å². The Bertz CT molecular complexity index is 313. The van der Waals surface area contributed by atoms with Crippen LogP contribution in [0.25, 0.3) is 0 Å². The maximum atomic E-state index is 12.4. The maximum absolute atomic E-state index is 12.4. The van der Waals surface area contributed by atoms with Crippen LogP contribution in [0.5, 0.6) is 0 Å². The summed E-state index contributed by atoms with van der Waals surface area (Å²) in [5.74, 6) is 0. The van der Waals surface area contributed by atoms with Crippen LogP contribution >= 0.6 is 0 Å². The topological polar surface area (TPSA) is 17.4 Å². The maximum Gasteiger partial charge on any atom is 0.117 e. The van der Waals surface area contributed by atoms with E-state index in [1.165, 1.54) is 5.56 Å².